The van der Waals surface area contributed by atoms with E-state index in [1.807, 2.05) is 11.1 Å². The van der Waals surface area contributed by atoms with Crippen LogP contribution in [0.3, 0.4) is 0 Å². The van der Waals surface area contributed by atoms with Gasteiger partial charge in [0.15, 0.2) is 0 Å². The minimum atomic E-state index is -0.0543. The van der Waals surface area contributed by atoms with Gasteiger partial charge >= 0.3 is 0 Å². The molecule has 1 fully saturated rings. The SMILES string of the molecule is CC(=O)N[C@@H]1CN(C(=O)CCCc2cn[nH]c2)C[C@H]1c1ccc(C)cc1. The van der Waals surface area contributed by atoms with Crippen LogP contribution >= 0.6 is 0 Å². The van der Waals surface area contributed by atoms with Crippen molar-refractivity contribution in [1.82, 2.24) is 20.4 Å². The summed E-state index contributed by atoms with van der Waals surface area (Å²) < 4.78 is 0. The summed E-state index contributed by atoms with van der Waals surface area (Å²) in [6, 6.07) is 8.32. The molecule has 1 aliphatic rings. The van der Waals surface area contributed by atoms with Crippen LogP contribution in [-0.2, 0) is 16.0 Å². The number of aromatic amines is 1. The lowest BCUT2D eigenvalue weighted by Crippen LogP contribution is -2.39. The first-order valence-corrected chi connectivity index (χ1v) is 9.12. The highest BCUT2D eigenvalue weighted by atomic mass is 16.2. The Morgan fingerprint density at radius 1 is 1.27 bits per heavy atom. The number of benzene rings is 1. The lowest BCUT2D eigenvalue weighted by atomic mass is 9.93. The number of carbonyl (C=O) groups excluding carboxylic acids is 2. The topological polar surface area (TPSA) is 78.1 Å². The zero-order chi connectivity index (χ0) is 18.5. The highest BCUT2D eigenvalue weighted by molar-refractivity contribution is 5.77. The van der Waals surface area contributed by atoms with Gasteiger partial charge in [-0.15, -0.1) is 0 Å². The molecule has 1 saturated heterocycles. The van der Waals surface area contributed by atoms with E-state index in [2.05, 4.69) is 46.7 Å². The van der Waals surface area contributed by atoms with E-state index in [9.17, 15) is 9.59 Å². The van der Waals surface area contributed by atoms with Crippen LogP contribution in [0.4, 0.5) is 0 Å². The second-order valence-electron chi connectivity index (χ2n) is 7.08. The van der Waals surface area contributed by atoms with Crippen LogP contribution in [0.2, 0.25) is 0 Å². The van der Waals surface area contributed by atoms with E-state index in [1.165, 1.54) is 18.1 Å². The third-order valence-electron chi connectivity index (χ3n) is 4.98. The molecule has 6 heteroatoms. The fourth-order valence-corrected chi connectivity index (χ4v) is 3.58. The third kappa shape index (κ3) is 4.50. The second-order valence-corrected chi connectivity index (χ2v) is 7.08. The van der Waals surface area contributed by atoms with Crippen molar-refractivity contribution in [2.45, 2.75) is 45.1 Å². The Balaban J connectivity index is 1.62. The number of aromatic nitrogens is 2. The van der Waals surface area contributed by atoms with Gasteiger partial charge in [0.1, 0.15) is 0 Å². The molecule has 0 saturated carbocycles. The fourth-order valence-electron chi connectivity index (χ4n) is 3.58. The number of rotatable bonds is 6. The lowest BCUT2D eigenvalue weighted by molar-refractivity contribution is -0.130. The van der Waals surface area contributed by atoms with Gasteiger partial charge in [-0.3, -0.25) is 14.7 Å². The zero-order valence-electron chi connectivity index (χ0n) is 15.4. The first-order valence-electron chi connectivity index (χ1n) is 9.12. The Morgan fingerprint density at radius 3 is 2.69 bits per heavy atom. The molecule has 1 aromatic carbocycles. The van der Waals surface area contributed by atoms with E-state index < -0.39 is 0 Å². The number of aryl methyl sites for hydroxylation is 2. The van der Waals surface area contributed by atoms with Crippen LogP contribution in [0.15, 0.2) is 36.7 Å². The van der Waals surface area contributed by atoms with Crippen molar-refractivity contribution in [1.29, 1.82) is 0 Å². The second kappa shape index (κ2) is 8.17. The van der Waals surface area contributed by atoms with E-state index in [0.717, 1.165) is 18.4 Å². The zero-order valence-corrected chi connectivity index (χ0v) is 15.4. The van der Waals surface area contributed by atoms with Gasteiger partial charge < -0.3 is 10.2 Å². The van der Waals surface area contributed by atoms with E-state index in [4.69, 9.17) is 0 Å². The molecule has 1 aliphatic heterocycles. The quantitative estimate of drug-likeness (QED) is 0.834. The summed E-state index contributed by atoms with van der Waals surface area (Å²) in [7, 11) is 0. The van der Waals surface area contributed by atoms with Gasteiger partial charge in [-0.2, -0.15) is 5.10 Å². The van der Waals surface area contributed by atoms with Crippen molar-refractivity contribution in [3.63, 3.8) is 0 Å². The first-order chi connectivity index (χ1) is 12.5. The molecular weight excluding hydrogens is 328 g/mol. The molecule has 3 rings (SSSR count). The van der Waals surface area contributed by atoms with E-state index in [-0.39, 0.29) is 23.8 Å². The Hall–Kier alpha value is -2.63. The Labute approximate surface area is 154 Å². The summed E-state index contributed by atoms with van der Waals surface area (Å²) in [5.41, 5.74) is 3.49. The summed E-state index contributed by atoms with van der Waals surface area (Å²) in [4.78, 5) is 26.1. The summed E-state index contributed by atoms with van der Waals surface area (Å²) in [5, 5.41) is 9.74. The number of amides is 2. The normalized spacial score (nSPS) is 19.5. The van der Waals surface area contributed by atoms with E-state index in [1.54, 1.807) is 6.20 Å². The maximum Gasteiger partial charge on any atom is 0.222 e. The number of H-pyrrole nitrogens is 1. The summed E-state index contributed by atoms with van der Waals surface area (Å²) in [5.74, 6) is 0.233. The molecule has 1 aromatic heterocycles. The minimum absolute atomic E-state index is 0.0342. The molecule has 2 heterocycles. The highest BCUT2D eigenvalue weighted by Gasteiger charge is 2.36. The van der Waals surface area contributed by atoms with Crippen molar-refractivity contribution >= 4 is 11.8 Å². The van der Waals surface area contributed by atoms with Gasteiger partial charge in [0.2, 0.25) is 11.8 Å². The molecule has 2 amide bonds. The molecular formula is C20H26N4O2. The third-order valence-corrected chi connectivity index (χ3v) is 4.98. The van der Waals surface area contributed by atoms with Crippen LogP contribution in [0, 0.1) is 6.92 Å². The number of hydrogen-bond donors (Lipinski definition) is 2. The summed E-state index contributed by atoms with van der Waals surface area (Å²) in [6.45, 7) is 4.81. The van der Waals surface area contributed by atoms with Gasteiger partial charge in [-0.05, 0) is 30.9 Å². The van der Waals surface area contributed by atoms with Gasteiger partial charge in [-0.1, -0.05) is 29.8 Å². The molecule has 0 radical (unpaired) electrons. The molecule has 0 aliphatic carbocycles. The van der Waals surface area contributed by atoms with Crippen molar-refractivity contribution in [2.24, 2.45) is 0 Å². The van der Waals surface area contributed by atoms with Gasteiger partial charge in [0.25, 0.3) is 0 Å². The van der Waals surface area contributed by atoms with Crippen molar-refractivity contribution in [3.8, 4) is 0 Å². The molecule has 0 unspecified atom stereocenters. The molecule has 2 atom stereocenters. The van der Waals surface area contributed by atoms with Crippen LogP contribution in [0.25, 0.3) is 0 Å². The average Bonchev–Trinajstić information content (AvgIpc) is 3.25. The highest BCUT2D eigenvalue weighted by Crippen LogP contribution is 2.28. The largest absolute Gasteiger partial charge is 0.351 e. The molecule has 6 nitrogen and oxygen atoms in total. The smallest absolute Gasteiger partial charge is 0.222 e. The van der Waals surface area contributed by atoms with Crippen LogP contribution in [0.5, 0.6) is 0 Å². The van der Waals surface area contributed by atoms with Crippen molar-refractivity contribution in [2.75, 3.05) is 13.1 Å². The van der Waals surface area contributed by atoms with Crippen LogP contribution in [-0.4, -0.2) is 46.0 Å². The molecule has 26 heavy (non-hydrogen) atoms. The standard InChI is InChI=1S/C20H26N4O2/c1-14-6-8-17(9-7-14)18-12-24(13-19(18)23-15(2)25)20(26)5-3-4-16-10-21-22-11-16/h6-11,18-19H,3-5,12-13H2,1-2H3,(H,21,22)(H,23,25)/t18-,19+/m0/s1. The number of hydrogen-bond acceptors (Lipinski definition) is 3. The number of nitrogens with zero attached hydrogens (tertiary/aromatic N) is 2. The van der Waals surface area contributed by atoms with Crippen LogP contribution in [0.1, 0.15) is 42.4 Å². The number of nitrogens with one attached hydrogen (secondary N) is 2. The Morgan fingerprint density at radius 2 is 2.04 bits per heavy atom. The summed E-state index contributed by atoms with van der Waals surface area (Å²) >= 11 is 0. The fraction of sp³-hybridized carbons (Fsp3) is 0.450. The predicted molar refractivity (Wildman–Crippen MR) is 99.6 cm³/mol. The Kier molecular flexibility index (Phi) is 5.71. The Bertz CT molecular complexity index is 740. The number of carbonyl (C=O) groups is 2. The van der Waals surface area contributed by atoms with Gasteiger partial charge in [0.05, 0.1) is 12.2 Å². The molecule has 138 valence electrons. The lowest BCUT2D eigenvalue weighted by Gasteiger charge is -2.19. The molecule has 2 aromatic rings. The predicted octanol–water partition coefficient (Wildman–Crippen LogP) is 2.17. The van der Waals surface area contributed by atoms with Crippen LogP contribution < -0.4 is 5.32 Å². The maximum atomic E-state index is 12.6. The first kappa shape index (κ1) is 18.2. The van der Waals surface area contributed by atoms with Gasteiger partial charge in [0, 0.05) is 38.5 Å². The maximum absolute atomic E-state index is 12.6. The molecule has 2 N–H and O–H groups in total. The monoisotopic (exact) mass is 354 g/mol. The van der Waals surface area contributed by atoms with Gasteiger partial charge in [-0.25, -0.2) is 0 Å². The average molecular weight is 354 g/mol. The molecule has 0 bridgehead atoms. The molecule has 0 spiro atoms. The number of likely N-dealkylation sites (tertiary alicyclic amines) is 1. The van der Waals surface area contributed by atoms with E-state index in [0.29, 0.717) is 19.5 Å². The van der Waals surface area contributed by atoms with Crippen molar-refractivity contribution < 1.29 is 9.59 Å². The summed E-state index contributed by atoms with van der Waals surface area (Å²) in [6.07, 6.45) is 5.81. The van der Waals surface area contributed by atoms with E-state index >= 15 is 0 Å². The minimum Gasteiger partial charge on any atom is -0.351 e. The van der Waals surface area contributed by atoms with Crippen molar-refractivity contribution in [3.05, 3.63) is 53.3 Å².